The summed E-state index contributed by atoms with van der Waals surface area (Å²) < 4.78 is 11.3. The third-order valence-electron chi connectivity index (χ3n) is 9.43. The van der Waals surface area contributed by atoms with Crippen LogP contribution in [0.5, 0.6) is 11.5 Å². The number of nitrogens with zero attached hydrogens (tertiary/aromatic N) is 2. The Morgan fingerprint density at radius 1 is 0.812 bits per heavy atom. The minimum Gasteiger partial charge on any atom is -0.469 e. The lowest BCUT2D eigenvalue weighted by Gasteiger charge is -2.33. The van der Waals surface area contributed by atoms with E-state index in [0.29, 0.717) is 23.9 Å². The predicted molar refractivity (Wildman–Crippen MR) is 191 cm³/mol. The van der Waals surface area contributed by atoms with E-state index in [-0.39, 0.29) is 23.7 Å². The Hall–Kier alpha value is -4.97. The zero-order valence-electron chi connectivity index (χ0n) is 28.3. The van der Waals surface area contributed by atoms with Crippen LogP contribution >= 0.6 is 0 Å². The molecule has 246 valence electrons. The van der Waals surface area contributed by atoms with Crippen molar-refractivity contribution < 1.29 is 19.1 Å². The largest absolute Gasteiger partial charge is 0.469 e. The lowest BCUT2D eigenvalue weighted by atomic mass is 9.87. The Bertz CT molecular complexity index is 1860. The fraction of sp³-hybridized carbons (Fsp3) is 0.310. The minimum atomic E-state index is -0.492. The molecule has 1 aliphatic carbocycles. The highest BCUT2D eigenvalue weighted by molar-refractivity contribution is 5.97. The van der Waals surface area contributed by atoms with Gasteiger partial charge in [0.15, 0.2) is 0 Å². The average molecular weight is 641 g/mol. The van der Waals surface area contributed by atoms with Crippen LogP contribution in [-0.4, -0.2) is 35.4 Å². The van der Waals surface area contributed by atoms with Crippen molar-refractivity contribution in [2.24, 2.45) is 5.92 Å². The Kier molecular flexibility index (Phi) is 9.90. The number of methoxy groups -OCH3 is 1. The van der Waals surface area contributed by atoms with Gasteiger partial charge in [0.2, 0.25) is 0 Å². The molecule has 5 aromatic rings. The SMILES string of the molecule is COC(=O)CC(c1ccc(-c2ccccc2)cc1)N(CC1CCCC1)C(=O)c1cc2ccc(Oc3ccc(C(C)(C)C)cc3)cc2cn1. The molecular weight excluding hydrogens is 596 g/mol. The molecule has 1 aromatic heterocycles. The number of fused-ring (bicyclic) bond motifs is 1. The van der Waals surface area contributed by atoms with Crippen molar-refractivity contribution in [2.45, 2.75) is 64.3 Å². The average Bonchev–Trinajstić information content (AvgIpc) is 3.63. The molecule has 0 saturated heterocycles. The van der Waals surface area contributed by atoms with Crippen LogP contribution < -0.4 is 4.74 Å². The molecule has 0 N–H and O–H groups in total. The summed E-state index contributed by atoms with van der Waals surface area (Å²) in [5.41, 5.74) is 4.74. The lowest BCUT2D eigenvalue weighted by molar-refractivity contribution is -0.141. The zero-order valence-corrected chi connectivity index (χ0v) is 28.3. The van der Waals surface area contributed by atoms with Gasteiger partial charge in [-0.05, 0) is 82.1 Å². The molecule has 48 heavy (non-hydrogen) atoms. The summed E-state index contributed by atoms with van der Waals surface area (Å²) in [6.07, 6.45) is 6.22. The first-order valence-electron chi connectivity index (χ1n) is 16.9. The van der Waals surface area contributed by atoms with Gasteiger partial charge < -0.3 is 14.4 Å². The molecule has 1 aliphatic rings. The Morgan fingerprint density at radius 3 is 2.15 bits per heavy atom. The summed E-state index contributed by atoms with van der Waals surface area (Å²) in [5.74, 6) is 1.28. The van der Waals surface area contributed by atoms with Crippen molar-refractivity contribution in [3.63, 3.8) is 0 Å². The Balaban J connectivity index is 1.29. The highest BCUT2D eigenvalue weighted by Crippen LogP contribution is 2.34. The van der Waals surface area contributed by atoms with Gasteiger partial charge in [-0.3, -0.25) is 14.6 Å². The van der Waals surface area contributed by atoms with Gasteiger partial charge in [-0.25, -0.2) is 0 Å². The number of rotatable bonds is 10. The van der Waals surface area contributed by atoms with E-state index in [9.17, 15) is 9.59 Å². The van der Waals surface area contributed by atoms with Crippen LogP contribution in [0.1, 0.15) is 80.5 Å². The fourth-order valence-corrected chi connectivity index (χ4v) is 6.61. The van der Waals surface area contributed by atoms with E-state index in [0.717, 1.165) is 58.9 Å². The van der Waals surface area contributed by atoms with E-state index in [4.69, 9.17) is 9.47 Å². The summed E-state index contributed by atoms with van der Waals surface area (Å²) in [7, 11) is 1.39. The summed E-state index contributed by atoms with van der Waals surface area (Å²) in [6.45, 7) is 7.12. The second-order valence-corrected chi connectivity index (χ2v) is 13.8. The number of carbonyl (C=O) groups excluding carboxylic acids is 2. The number of ether oxygens (including phenoxy) is 2. The van der Waals surface area contributed by atoms with Gasteiger partial charge in [-0.15, -0.1) is 0 Å². The number of amides is 1. The third kappa shape index (κ3) is 7.76. The molecule has 0 spiro atoms. The maximum absolute atomic E-state index is 14.4. The number of benzene rings is 4. The van der Waals surface area contributed by atoms with Crippen LogP contribution in [0.3, 0.4) is 0 Å². The van der Waals surface area contributed by atoms with Gasteiger partial charge in [-0.1, -0.05) is 106 Å². The first kappa shape index (κ1) is 33.0. The first-order chi connectivity index (χ1) is 23.2. The highest BCUT2D eigenvalue weighted by Gasteiger charge is 2.32. The van der Waals surface area contributed by atoms with E-state index >= 15 is 0 Å². The predicted octanol–water partition coefficient (Wildman–Crippen LogP) is 9.93. The van der Waals surface area contributed by atoms with Crippen molar-refractivity contribution in [3.8, 4) is 22.6 Å². The Morgan fingerprint density at radius 2 is 1.48 bits per heavy atom. The smallest absolute Gasteiger partial charge is 0.307 e. The molecule has 6 heteroatoms. The van der Waals surface area contributed by atoms with E-state index in [1.165, 1.54) is 12.7 Å². The summed E-state index contributed by atoms with van der Waals surface area (Å²) in [5, 5.41) is 1.77. The number of carbonyl (C=O) groups is 2. The van der Waals surface area contributed by atoms with Crippen LogP contribution in [0, 0.1) is 5.92 Å². The van der Waals surface area contributed by atoms with Crippen LogP contribution in [-0.2, 0) is 14.9 Å². The molecule has 1 atom stereocenters. The normalized spacial score (nSPS) is 14.1. The van der Waals surface area contributed by atoms with Crippen molar-refractivity contribution in [3.05, 3.63) is 126 Å². The van der Waals surface area contributed by atoms with Gasteiger partial charge in [-0.2, -0.15) is 0 Å². The summed E-state index contributed by atoms with van der Waals surface area (Å²) in [4.78, 5) is 33.8. The topological polar surface area (TPSA) is 68.7 Å². The fourth-order valence-electron chi connectivity index (χ4n) is 6.61. The summed E-state index contributed by atoms with van der Waals surface area (Å²) >= 11 is 0. The number of aromatic nitrogens is 1. The summed E-state index contributed by atoms with van der Waals surface area (Å²) in [6, 6.07) is 33.7. The molecule has 6 nitrogen and oxygen atoms in total. The van der Waals surface area contributed by atoms with Crippen LogP contribution in [0.15, 0.2) is 109 Å². The number of esters is 1. The molecule has 1 fully saturated rings. The maximum Gasteiger partial charge on any atom is 0.307 e. The van der Waals surface area contributed by atoms with Gasteiger partial charge in [0.25, 0.3) is 5.91 Å². The van der Waals surface area contributed by atoms with Gasteiger partial charge in [0.05, 0.1) is 19.6 Å². The van der Waals surface area contributed by atoms with Gasteiger partial charge in [0.1, 0.15) is 17.2 Å². The van der Waals surface area contributed by atoms with Crippen molar-refractivity contribution >= 4 is 22.6 Å². The lowest BCUT2D eigenvalue weighted by Crippen LogP contribution is -2.39. The monoisotopic (exact) mass is 640 g/mol. The molecule has 1 amide bonds. The second kappa shape index (κ2) is 14.4. The van der Waals surface area contributed by atoms with Crippen molar-refractivity contribution in [2.75, 3.05) is 13.7 Å². The minimum absolute atomic E-state index is 0.0602. The van der Waals surface area contributed by atoms with Crippen molar-refractivity contribution in [1.29, 1.82) is 0 Å². The third-order valence-corrected chi connectivity index (χ3v) is 9.43. The standard InChI is InChI=1S/C42H44N2O4/c1-42(2,3)35-19-22-36(23-20-35)48-37-21-18-33-25-38(43-27-34(33)24-37)41(46)44(28-29-10-8-9-11-29)39(26-40(45)47-4)32-16-14-31(15-17-32)30-12-6-5-7-13-30/h5-7,12-25,27,29,39H,8-11,26,28H2,1-4H3. The molecule has 1 heterocycles. The highest BCUT2D eigenvalue weighted by atomic mass is 16.5. The van der Waals surface area contributed by atoms with Crippen LogP contribution in [0.25, 0.3) is 21.9 Å². The molecule has 6 rings (SSSR count). The molecular formula is C42H44N2O4. The number of pyridine rings is 1. The van der Waals surface area contributed by atoms with Crippen molar-refractivity contribution in [1.82, 2.24) is 9.88 Å². The van der Waals surface area contributed by atoms with E-state index in [2.05, 4.69) is 62.2 Å². The molecule has 4 aromatic carbocycles. The van der Waals surface area contributed by atoms with E-state index in [1.54, 1.807) is 6.20 Å². The van der Waals surface area contributed by atoms with E-state index in [1.807, 2.05) is 71.6 Å². The molecule has 0 bridgehead atoms. The van der Waals surface area contributed by atoms with Gasteiger partial charge in [0, 0.05) is 18.1 Å². The maximum atomic E-state index is 14.4. The first-order valence-corrected chi connectivity index (χ1v) is 16.9. The van der Waals surface area contributed by atoms with E-state index < -0.39 is 6.04 Å². The molecule has 0 radical (unpaired) electrons. The van der Waals surface area contributed by atoms with Gasteiger partial charge >= 0.3 is 5.97 Å². The zero-order chi connectivity index (χ0) is 33.7. The quantitative estimate of drug-likeness (QED) is 0.142. The van der Waals surface area contributed by atoms with Crippen LogP contribution in [0.2, 0.25) is 0 Å². The Labute approximate surface area is 283 Å². The second-order valence-electron chi connectivity index (χ2n) is 13.8. The molecule has 0 aliphatic heterocycles. The number of hydrogen-bond donors (Lipinski definition) is 0. The molecule has 1 saturated carbocycles. The number of hydrogen-bond acceptors (Lipinski definition) is 5. The van der Waals surface area contributed by atoms with Crippen LogP contribution in [0.4, 0.5) is 0 Å². The molecule has 1 unspecified atom stereocenters.